The summed E-state index contributed by atoms with van der Waals surface area (Å²) in [6.45, 7) is 2.22. The van der Waals surface area contributed by atoms with Gasteiger partial charge >= 0.3 is 0 Å². The number of hydrogen-bond acceptors (Lipinski definition) is 3. The van der Waals surface area contributed by atoms with Crippen LogP contribution in [0.2, 0.25) is 0 Å². The van der Waals surface area contributed by atoms with Crippen molar-refractivity contribution >= 4 is 5.96 Å². The minimum absolute atomic E-state index is 0.536. The molecule has 1 aromatic carbocycles. The fourth-order valence-corrected chi connectivity index (χ4v) is 1.60. The largest absolute Gasteiger partial charge is 0.356 e. The van der Waals surface area contributed by atoms with E-state index in [2.05, 4.69) is 15.6 Å². The number of rotatable bonds is 3. The van der Waals surface area contributed by atoms with E-state index in [0.717, 1.165) is 25.1 Å². The Balaban J connectivity index is 1.84. The zero-order chi connectivity index (χ0) is 11.4. The lowest BCUT2D eigenvalue weighted by Gasteiger charge is -2.06. The zero-order valence-electron chi connectivity index (χ0n) is 8.76. The molecule has 86 valence electrons. The van der Waals surface area contributed by atoms with Crippen molar-refractivity contribution in [2.75, 3.05) is 19.6 Å². The van der Waals surface area contributed by atoms with Gasteiger partial charge in [0.1, 0.15) is 11.6 Å². The fourth-order valence-electron chi connectivity index (χ4n) is 1.60. The molecule has 0 aliphatic carbocycles. The summed E-state index contributed by atoms with van der Waals surface area (Å²) in [5, 5.41) is 6.12. The zero-order valence-corrected chi connectivity index (χ0v) is 8.76. The maximum absolute atomic E-state index is 12.9. The predicted octanol–water partition coefficient (Wildman–Crippen LogP) is 1.06. The molecule has 0 bridgehead atoms. The van der Waals surface area contributed by atoms with E-state index in [1.807, 2.05) is 0 Å². The third kappa shape index (κ3) is 2.92. The molecular weight excluding hydrogens is 212 g/mol. The van der Waals surface area contributed by atoms with Crippen LogP contribution in [-0.2, 0) is 6.42 Å². The Kier molecular flexibility index (Phi) is 3.34. The molecule has 0 unspecified atom stereocenters. The first kappa shape index (κ1) is 10.9. The average Bonchev–Trinajstić information content (AvgIpc) is 2.69. The molecule has 0 saturated heterocycles. The average molecular weight is 225 g/mol. The number of nitrogens with one attached hydrogen (secondary N) is 2. The molecule has 0 spiro atoms. The third-order valence-electron chi connectivity index (χ3n) is 2.30. The molecule has 1 heterocycles. The highest BCUT2D eigenvalue weighted by atomic mass is 19.1. The Morgan fingerprint density at radius 3 is 2.62 bits per heavy atom. The molecule has 0 radical (unpaired) electrons. The minimum Gasteiger partial charge on any atom is -0.356 e. The van der Waals surface area contributed by atoms with Gasteiger partial charge in [-0.15, -0.1) is 0 Å². The second kappa shape index (κ2) is 4.92. The van der Waals surface area contributed by atoms with Crippen molar-refractivity contribution in [1.29, 1.82) is 0 Å². The Bertz CT molecular complexity index is 384. The maximum Gasteiger partial charge on any atom is 0.191 e. The van der Waals surface area contributed by atoms with Crippen molar-refractivity contribution in [3.63, 3.8) is 0 Å². The van der Waals surface area contributed by atoms with Gasteiger partial charge in [-0.3, -0.25) is 4.99 Å². The van der Waals surface area contributed by atoms with E-state index < -0.39 is 11.6 Å². The van der Waals surface area contributed by atoms with Gasteiger partial charge in [0.05, 0.1) is 6.54 Å². The van der Waals surface area contributed by atoms with E-state index in [0.29, 0.717) is 18.5 Å². The molecule has 16 heavy (non-hydrogen) atoms. The van der Waals surface area contributed by atoms with Gasteiger partial charge in [-0.05, 0) is 24.1 Å². The molecule has 1 aliphatic rings. The molecule has 0 atom stereocenters. The first-order valence-corrected chi connectivity index (χ1v) is 5.21. The van der Waals surface area contributed by atoms with Crippen LogP contribution in [0.3, 0.4) is 0 Å². The van der Waals surface area contributed by atoms with Crippen LogP contribution in [0.5, 0.6) is 0 Å². The lowest BCUT2D eigenvalue weighted by Crippen LogP contribution is -2.34. The molecule has 5 heteroatoms. The third-order valence-corrected chi connectivity index (χ3v) is 2.30. The van der Waals surface area contributed by atoms with Crippen molar-refractivity contribution in [2.24, 2.45) is 4.99 Å². The van der Waals surface area contributed by atoms with Crippen molar-refractivity contribution in [1.82, 2.24) is 10.6 Å². The summed E-state index contributed by atoms with van der Waals surface area (Å²) in [6.07, 6.45) is 0.565. The molecule has 0 fully saturated rings. The van der Waals surface area contributed by atoms with Gasteiger partial charge in [-0.25, -0.2) is 8.78 Å². The Morgan fingerprint density at radius 1 is 1.25 bits per heavy atom. The number of halogens is 2. The van der Waals surface area contributed by atoms with Crippen LogP contribution in [0.15, 0.2) is 23.2 Å². The van der Waals surface area contributed by atoms with Gasteiger partial charge in [-0.1, -0.05) is 0 Å². The number of hydrogen-bond donors (Lipinski definition) is 2. The summed E-state index contributed by atoms with van der Waals surface area (Å²) in [5.74, 6) is -0.311. The van der Waals surface area contributed by atoms with Gasteiger partial charge in [0, 0.05) is 19.2 Å². The maximum atomic E-state index is 12.9. The van der Waals surface area contributed by atoms with Crippen LogP contribution in [0.1, 0.15) is 5.56 Å². The normalized spacial score (nSPS) is 14.5. The molecule has 0 amide bonds. The first-order valence-electron chi connectivity index (χ1n) is 5.21. The SMILES string of the molecule is Fc1cc(F)cc(CCNC2=NCCN2)c1. The van der Waals surface area contributed by atoms with Crippen LogP contribution in [-0.4, -0.2) is 25.6 Å². The van der Waals surface area contributed by atoms with E-state index in [1.165, 1.54) is 12.1 Å². The standard InChI is InChI=1S/C11H13F2N3/c12-9-5-8(6-10(13)7-9)1-2-14-11-15-3-4-16-11/h5-7H,1-4H2,(H2,14,15,16). The van der Waals surface area contributed by atoms with E-state index >= 15 is 0 Å². The highest BCUT2D eigenvalue weighted by Crippen LogP contribution is 2.07. The molecule has 0 saturated carbocycles. The lowest BCUT2D eigenvalue weighted by atomic mass is 10.1. The molecule has 1 aromatic rings. The highest BCUT2D eigenvalue weighted by Gasteiger charge is 2.04. The molecule has 0 aromatic heterocycles. The smallest absolute Gasteiger partial charge is 0.191 e. The second-order valence-corrected chi connectivity index (χ2v) is 3.61. The van der Waals surface area contributed by atoms with Crippen LogP contribution in [0.25, 0.3) is 0 Å². The van der Waals surface area contributed by atoms with Crippen LogP contribution >= 0.6 is 0 Å². The van der Waals surface area contributed by atoms with Gasteiger partial charge < -0.3 is 10.6 Å². The Morgan fingerprint density at radius 2 is 2.00 bits per heavy atom. The predicted molar refractivity (Wildman–Crippen MR) is 58.4 cm³/mol. The van der Waals surface area contributed by atoms with E-state index in [-0.39, 0.29) is 0 Å². The molecule has 1 aliphatic heterocycles. The first-order chi connectivity index (χ1) is 7.74. The highest BCUT2D eigenvalue weighted by molar-refractivity contribution is 5.81. The van der Waals surface area contributed by atoms with Crippen molar-refractivity contribution in [2.45, 2.75) is 6.42 Å². The van der Waals surface area contributed by atoms with Gasteiger partial charge in [0.15, 0.2) is 5.96 Å². The van der Waals surface area contributed by atoms with Crippen molar-refractivity contribution in [3.05, 3.63) is 35.4 Å². The summed E-state index contributed by atoms with van der Waals surface area (Å²) >= 11 is 0. The van der Waals surface area contributed by atoms with Gasteiger partial charge in [0.25, 0.3) is 0 Å². The second-order valence-electron chi connectivity index (χ2n) is 3.61. The number of nitrogens with zero attached hydrogens (tertiary/aromatic N) is 1. The number of guanidine groups is 1. The van der Waals surface area contributed by atoms with E-state index in [1.54, 1.807) is 0 Å². The van der Waals surface area contributed by atoms with E-state index in [9.17, 15) is 8.78 Å². The van der Waals surface area contributed by atoms with Crippen LogP contribution in [0.4, 0.5) is 8.78 Å². The molecule has 3 nitrogen and oxygen atoms in total. The Hall–Kier alpha value is -1.65. The summed E-state index contributed by atoms with van der Waals surface area (Å²) in [6, 6.07) is 3.56. The number of aliphatic imine (C=N–C) groups is 1. The topological polar surface area (TPSA) is 36.4 Å². The van der Waals surface area contributed by atoms with E-state index in [4.69, 9.17) is 0 Å². The van der Waals surface area contributed by atoms with Crippen LogP contribution in [0, 0.1) is 11.6 Å². The number of benzene rings is 1. The monoisotopic (exact) mass is 225 g/mol. The Labute approximate surface area is 92.6 Å². The molecular formula is C11H13F2N3. The molecule has 2 rings (SSSR count). The summed E-state index contributed by atoms with van der Waals surface area (Å²) in [5.41, 5.74) is 0.642. The fraction of sp³-hybridized carbons (Fsp3) is 0.364. The van der Waals surface area contributed by atoms with Crippen molar-refractivity contribution < 1.29 is 8.78 Å². The minimum atomic E-state index is -0.536. The van der Waals surface area contributed by atoms with Gasteiger partial charge in [-0.2, -0.15) is 0 Å². The summed E-state index contributed by atoms with van der Waals surface area (Å²) < 4.78 is 25.7. The summed E-state index contributed by atoms with van der Waals surface area (Å²) in [4.78, 5) is 4.15. The molecule has 2 N–H and O–H groups in total. The van der Waals surface area contributed by atoms with Gasteiger partial charge in [0.2, 0.25) is 0 Å². The summed E-state index contributed by atoms with van der Waals surface area (Å²) in [7, 11) is 0. The van der Waals surface area contributed by atoms with Crippen LogP contribution < -0.4 is 10.6 Å². The quantitative estimate of drug-likeness (QED) is 0.807. The van der Waals surface area contributed by atoms with Crippen molar-refractivity contribution in [3.8, 4) is 0 Å². The lowest BCUT2D eigenvalue weighted by molar-refractivity contribution is 0.579.